The van der Waals surface area contributed by atoms with Gasteiger partial charge in [0.05, 0.1) is 0 Å². The van der Waals surface area contributed by atoms with Crippen molar-refractivity contribution in [2.24, 2.45) is 5.73 Å². The van der Waals surface area contributed by atoms with Crippen molar-refractivity contribution in [2.75, 3.05) is 6.54 Å². The Hall–Kier alpha value is -1.35. The minimum Gasteiger partial charge on any atom is -0.349 e. The summed E-state index contributed by atoms with van der Waals surface area (Å²) in [4.78, 5) is 12.1. The van der Waals surface area contributed by atoms with E-state index in [2.05, 4.69) is 19.2 Å². The first-order chi connectivity index (χ1) is 8.22. The van der Waals surface area contributed by atoms with Gasteiger partial charge in [0.2, 0.25) is 0 Å². The van der Waals surface area contributed by atoms with Crippen molar-refractivity contribution >= 4 is 5.91 Å². The van der Waals surface area contributed by atoms with Gasteiger partial charge in [-0.2, -0.15) is 0 Å². The Kier molecular flexibility index (Phi) is 5.70. The van der Waals surface area contributed by atoms with Gasteiger partial charge in [-0.25, -0.2) is 0 Å². The summed E-state index contributed by atoms with van der Waals surface area (Å²) >= 11 is 0. The van der Waals surface area contributed by atoms with Gasteiger partial charge in [0.15, 0.2) is 0 Å². The fraction of sp³-hybridized carbons (Fsp3) is 0.500. The zero-order chi connectivity index (χ0) is 12.7. The summed E-state index contributed by atoms with van der Waals surface area (Å²) in [5.41, 5.74) is 7.33. The minimum absolute atomic E-state index is 0.0164. The second-order valence-electron chi connectivity index (χ2n) is 4.18. The molecule has 0 aliphatic heterocycles. The molecule has 0 unspecified atom stereocenters. The highest BCUT2D eigenvalue weighted by Gasteiger charge is 2.13. The number of nitrogens with one attached hydrogen (secondary N) is 1. The van der Waals surface area contributed by atoms with Crippen LogP contribution < -0.4 is 11.1 Å². The average Bonchev–Trinajstić information content (AvgIpc) is 2.36. The van der Waals surface area contributed by atoms with Crippen LogP contribution in [0, 0.1) is 0 Å². The van der Waals surface area contributed by atoms with E-state index in [9.17, 15) is 4.79 Å². The molecule has 0 fully saturated rings. The Morgan fingerprint density at radius 3 is 2.53 bits per heavy atom. The van der Waals surface area contributed by atoms with Gasteiger partial charge in [-0.15, -0.1) is 0 Å². The molecule has 0 aliphatic rings. The van der Waals surface area contributed by atoms with Gasteiger partial charge in [0.25, 0.3) is 5.91 Å². The lowest BCUT2D eigenvalue weighted by atomic mass is 10.0. The predicted octanol–water partition coefficient (Wildman–Crippen LogP) is 2.11. The molecule has 3 heteroatoms. The zero-order valence-corrected chi connectivity index (χ0v) is 10.7. The summed E-state index contributed by atoms with van der Waals surface area (Å²) in [5, 5.41) is 3.05. The van der Waals surface area contributed by atoms with Crippen molar-refractivity contribution in [3.63, 3.8) is 0 Å². The van der Waals surface area contributed by atoms with Crippen LogP contribution in [0.25, 0.3) is 0 Å². The van der Waals surface area contributed by atoms with Crippen LogP contribution in [0.2, 0.25) is 0 Å². The maximum Gasteiger partial charge on any atom is 0.251 e. The zero-order valence-electron chi connectivity index (χ0n) is 10.7. The average molecular weight is 234 g/mol. The van der Waals surface area contributed by atoms with E-state index in [4.69, 9.17) is 5.73 Å². The Morgan fingerprint density at radius 2 is 1.94 bits per heavy atom. The van der Waals surface area contributed by atoms with Gasteiger partial charge in [-0.05, 0) is 37.4 Å². The number of hydrogen-bond acceptors (Lipinski definition) is 2. The topological polar surface area (TPSA) is 55.1 Å². The molecule has 0 saturated heterocycles. The number of nitrogens with two attached hydrogens (primary N) is 1. The van der Waals surface area contributed by atoms with Crippen LogP contribution in [0.5, 0.6) is 0 Å². The molecule has 1 aromatic rings. The van der Waals surface area contributed by atoms with E-state index in [1.807, 2.05) is 24.3 Å². The lowest BCUT2D eigenvalue weighted by Gasteiger charge is -2.16. The van der Waals surface area contributed by atoms with Crippen LogP contribution in [0.15, 0.2) is 24.3 Å². The number of benzene rings is 1. The molecule has 0 atom stereocenters. The lowest BCUT2D eigenvalue weighted by Crippen LogP contribution is -2.34. The highest BCUT2D eigenvalue weighted by molar-refractivity contribution is 5.95. The molecule has 3 nitrogen and oxygen atoms in total. The third-order valence-corrected chi connectivity index (χ3v) is 3.00. The Balaban J connectivity index is 2.80. The maximum absolute atomic E-state index is 12.1. The largest absolute Gasteiger partial charge is 0.349 e. The number of rotatable bonds is 6. The van der Waals surface area contributed by atoms with Crippen molar-refractivity contribution in [3.05, 3.63) is 35.4 Å². The van der Waals surface area contributed by atoms with Crippen molar-refractivity contribution in [1.29, 1.82) is 0 Å². The van der Waals surface area contributed by atoms with Crippen LogP contribution >= 0.6 is 0 Å². The van der Waals surface area contributed by atoms with Crippen molar-refractivity contribution in [1.82, 2.24) is 5.32 Å². The van der Waals surface area contributed by atoms with Gasteiger partial charge in [-0.3, -0.25) is 4.79 Å². The second-order valence-corrected chi connectivity index (χ2v) is 4.18. The first-order valence-electron chi connectivity index (χ1n) is 6.31. The van der Waals surface area contributed by atoms with Gasteiger partial charge in [-0.1, -0.05) is 32.0 Å². The molecule has 0 radical (unpaired) electrons. The number of hydrogen-bond donors (Lipinski definition) is 2. The fourth-order valence-electron chi connectivity index (χ4n) is 1.87. The van der Waals surface area contributed by atoms with Gasteiger partial charge in [0.1, 0.15) is 0 Å². The maximum atomic E-state index is 12.1. The summed E-state index contributed by atoms with van der Waals surface area (Å²) in [5.74, 6) is 0.0164. The summed E-state index contributed by atoms with van der Waals surface area (Å²) < 4.78 is 0. The molecule has 1 rings (SSSR count). The SMILES string of the molecule is CCC(CC)NC(=O)c1ccccc1CCN. The lowest BCUT2D eigenvalue weighted by molar-refractivity contribution is 0.0934. The molecule has 0 aromatic heterocycles. The predicted molar refractivity (Wildman–Crippen MR) is 71.0 cm³/mol. The van der Waals surface area contributed by atoms with E-state index in [0.717, 1.165) is 30.4 Å². The molecule has 0 aliphatic carbocycles. The Bertz CT molecular complexity index is 359. The third kappa shape index (κ3) is 3.86. The van der Waals surface area contributed by atoms with Crippen LogP contribution in [-0.2, 0) is 6.42 Å². The summed E-state index contributed by atoms with van der Waals surface area (Å²) in [6.45, 7) is 4.73. The third-order valence-electron chi connectivity index (χ3n) is 3.00. The molecule has 0 heterocycles. The van der Waals surface area contributed by atoms with Crippen LogP contribution in [-0.4, -0.2) is 18.5 Å². The normalized spacial score (nSPS) is 10.6. The van der Waals surface area contributed by atoms with Crippen molar-refractivity contribution in [2.45, 2.75) is 39.2 Å². The molecule has 0 spiro atoms. The molecule has 94 valence electrons. The van der Waals surface area contributed by atoms with E-state index >= 15 is 0 Å². The van der Waals surface area contributed by atoms with Gasteiger partial charge >= 0.3 is 0 Å². The summed E-state index contributed by atoms with van der Waals surface area (Å²) in [6.07, 6.45) is 2.66. The Labute approximate surface area is 103 Å². The first-order valence-corrected chi connectivity index (χ1v) is 6.31. The smallest absolute Gasteiger partial charge is 0.251 e. The molecule has 1 amide bonds. The highest BCUT2D eigenvalue weighted by atomic mass is 16.1. The first kappa shape index (κ1) is 13.7. The van der Waals surface area contributed by atoms with Gasteiger partial charge in [0, 0.05) is 11.6 Å². The molecule has 1 aromatic carbocycles. The molecule has 0 bridgehead atoms. The monoisotopic (exact) mass is 234 g/mol. The van der Waals surface area contributed by atoms with Crippen molar-refractivity contribution in [3.8, 4) is 0 Å². The van der Waals surface area contributed by atoms with Crippen LogP contribution in [0.3, 0.4) is 0 Å². The highest BCUT2D eigenvalue weighted by Crippen LogP contribution is 2.10. The standard InChI is InChI=1S/C14H22N2O/c1-3-12(4-2)16-14(17)13-8-6-5-7-11(13)9-10-15/h5-8,12H,3-4,9-10,15H2,1-2H3,(H,16,17). The molecular formula is C14H22N2O. The number of amides is 1. The molecule has 0 saturated carbocycles. The molecule has 17 heavy (non-hydrogen) atoms. The van der Waals surface area contributed by atoms with E-state index in [0.29, 0.717) is 6.54 Å². The fourth-order valence-corrected chi connectivity index (χ4v) is 1.87. The van der Waals surface area contributed by atoms with E-state index in [1.165, 1.54) is 0 Å². The number of carbonyl (C=O) groups excluding carboxylic acids is 1. The Morgan fingerprint density at radius 1 is 1.29 bits per heavy atom. The summed E-state index contributed by atoms with van der Waals surface area (Å²) in [7, 11) is 0. The van der Waals surface area contributed by atoms with E-state index < -0.39 is 0 Å². The number of carbonyl (C=O) groups is 1. The molecule has 3 N–H and O–H groups in total. The minimum atomic E-state index is 0.0164. The summed E-state index contributed by atoms with van der Waals surface area (Å²) in [6, 6.07) is 7.92. The van der Waals surface area contributed by atoms with Crippen LogP contribution in [0.1, 0.15) is 42.6 Å². The van der Waals surface area contributed by atoms with E-state index in [1.54, 1.807) is 0 Å². The van der Waals surface area contributed by atoms with Crippen molar-refractivity contribution < 1.29 is 4.79 Å². The molecular weight excluding hydrogens is 212 g/mol. The van der Waals surface area contributed by atoms with Gasteiger partial charge < -0.3 is 11.1 Å². The second kappa shape index (κ2) is 7.07. The van der Waals surface area contributed by atoms with Crippen LogP contribution in [0.4, 0.5) is 0 Å². The van der Waals surface area contributed by atoms with E-state index in [-0.39, 0.29) is 11.9 Å². The quantitative estimate of drug-likeness (QED) is 0.792.